The first-order valence-electron chi connectivity index (χ1n) is 4.97. The number of carbonyl (C=O) groups excluding carboxylic acids is 1. The summed E-state index contributed by atoms with van der Waals surface area (Å²) in [4.78, 5) is 13.2. The largest absolute Gasteiger partial charge is 0.338 e. The minimum Gasteiger partial charge on any atom is -0.338 e. The molecule has 0 aromatic rings. The van der Waals surface area contributed by atoms with Gasteiger partial charge in [-0.1, -0.05) is 0 Å². The Morgan fingerprint density at radius 3 is 3.00 bits per heavy atom. The zero-order valence-electron chi connectivity index (χ0n) is 8.47. The first kappa shape index (κ1) is 10.3. The van der Waals surface area contributed by atoms with Gasteiger partial charge in [0.05, 0.1) is 0 Å². The third kappa shape index (κ3) is 2.88. The molecule has 0 unspecified atom stereocenters. The van der Waals surface area contributed by atoms with Gasteiger partial charge in [-0.2, -0.15) is 0 Å². The lowest BCUT2D eigenvalue weighted by molar-refractivity contribution is 0.179. The molecule has 0 bridgehead atoms. The average molecular weight is 185 g/mol. The standard InChI is InChI=1S/C9H19N3O/c1-3-11-9(13)12(2)8-5-4-6-10-7-8/h8,10H,3-7H2,1-2H3,(H,11,13)/t8-/m0/s1. The van der Waals surface area contributed by atoms with Gasteiger partial charge in [0.1, 0.15) is 0 Å². The van der Waals surface area contributed by atoms with E-state index in [-0.39, 0.29) is 6.03 Å². The Bertz CT molecular complexity index is 166. The normalized spacial score (nSPS) is 22.5. The lowest BCUT2D eigenvalue weighted by Gasteiger charge is -2.31. The predicted molar refractivity (Wildman–Crippen MR) is 52.7 cm³/mol. The SMILES string of the molecule is CCNC(=O)N(C)[C@H]1CCCNC1. The lowest BCUT2D eigenvalue weighted by Crippen LogP contribution is -2.50. The summed E-state index contributed by atoms with van der Waals surface area (Å²) in [5.74, 6) is 0. The topological polar surface area (TPSA) is 44.4 Å². The second-order valence-electron chi connectivity index (χ2n) is 3.45. The van der Waals surface area contributed by atoms with Crippen LogP contribution in [-0.2, 0) is 0 Å². The van der Waals surface area contributed by atoms with E-state index >= 15 is 0 Å². The number of nitrogens with one attached hydrogen (secondary N) is 2. The molecule has 2 amide bonds. The maximum atomic E-state index is 11.4. The van der Waals surface area contributed by atoms with Gasteiger partial charge in [-0.25, -0.2) is 4.79 Å². The van der Waals surface area contributed by atoms with Crippen LogP contribution in [0.4, 0.5) is 4.79 Å². The Morgan fingerprint density at radius 1 is 1.69 bits per heavy atom. The Kier molecular flexibility index (Phi) is 4.02. The molecule has 1 fully saturated rings. The molecule has 1 atom stereocenters. The number of carbonyl (C=O) groups is 1. The van der Waals surface area contributed by atoms with Crippen molar-refractivity contribution in [3.05, 3.63) is 0 Å². The molecule has 1 aliphatic heterocycles. The zero-order chi connectivity index (χ0) is 9.68. The molecular weight excluding hydrogens is 166 g/mol. The predicted octanol–water partition coefficient (Wildman–Crippen LogP) is 0.400. The maximum absolute atomic E-state index is 11.4. The van der Waals surface area contributed by atoms with Crippen molar-refractivity contribution >= 4 is 6.03 Å². The molecule has 2 N–H and O–H groups in total. The smallest absolute Gasteiger partial charge is 0.317 e. The highest BCUT2D eigenvalue weighted by Crippen LogP contribution is 2.07. The second-order valence-corrected chi connectivity index (χ2v) is 3.45. The van der Waals surface area contributed by atoms with Crippen LogP contribution in [-0.4, -0.2) is 43.7 Å². The average Bonchev–Trinajstić information content (AvgIpc) is 2.18. The molecule has 0 spiro atoms. The van der Waals surface area contributed by atoms with E-state index < -0.39 is 0 Å². The molecule has 1 aliphatic rings. The molecule has 13 heavy (non-hydrogen) atoms. The summed E-state index contributed by atoms with van der Waals surface area (Å²) in [5, 5.41) is 6.09. The van der Waals surface area contributed by atoms with E-state index in [9.17, 15) is 4.79 Å². The van der Waals surface area contributed by atoms with Gasteiger partial charge < -0.3 is 15.5 Å². The van der Waals surface area contributed by atoms with Crippen LogP contribution in [0.5, 0.6) is 0 Å². The highest BCUT2D eigenvalue weighted by molar-refractivity contribution is 5.74. The van der Waals surface area contributed by atoms with Crippen LogP contribution in [0.15, 0.2) is 0 Å². The van der Waals surface area contributed by atoms with Crippen molar-refractivity contribution in [3.8, 4) is 0 Å². The van der Waals surface area contributed by atoms with Gasteiger partial charge in [0.25, 0.3) is 0 Å². The minimum absolute atomic E-state index is 0.0381. The second kappa shape index (κ2) is 5.07. The summed E-state index contributed by atoms with van der Waals surface area (Å²) in [7, 11) is 1.86. The minimum atomic E-state index is 0.0381. The number of likely N-dealkylation sites (N-methyl/N-ethyl adjacent to an activating group) is 1. The summed E-state index contributed by atoms with van der Waals surface area (Å²) in [5.41, 5.74) is 0. The van der Waals surface area contributed by atoms with Gasteiger partial charge in [-0.15, -0.1) is 0 Å². The highest BCUT2D eigenvalue weighted by Gasteiger charge is 2.20. The lowest BCUT2D eigenvalue weighted by atomic mass is 10.1. The Morgan fingerprint density at radius 2 is 2.46 bits per heavy atom. The molecule has 4 nitrogen and oxygen atoms in total. The van der Waals surface area contributed by atoms with Crippen LogP contribution >= 0.6 is 0 Å². The number of hydrogen-bond donors (Lipinski definition) is 2. The number of hydrogen-bond acceptors (Lipinski definition) is 2. The molecule has 1 heterocycles. The molecule has 76 valence electrons. The first-order valence-corrected chi connectivity index (χ1v) is 4.97. The number of nitrogens with zero attached hydrogens (tertiary/aromatic N) is 1. The van der Waals surface area contributed by atoms with E-state index in [4.69, 9.17) is 0 Å². The molecule has 0 aromatic heterocycles. The monoisotopic (exact) mass is 185 g/mol. The molecule has 0 aromatic carbocycles. The molecule has 1 rings (SSSR count). The van der Waals surface area contributed by atoms with E-state index in [1.54, 1.807) is 4.90 Å². The zero-order valence-corrected chi connectivity index (χ0v) is 8.47. The summed E-state index contributed by atoms with van der Waals surface area (Å²) in [6.07, 6.45) is 2.27. The van der Waals surface area contributed by atoms with Gasteiger partial charge in [0, 0.05) is 26.2 Å². The Balaban J connectivity index is 2.35. The van der Waals surface area contributed by atoms with Gasteiger partial charge in [0.15, 0.2) is 0 Å². The summed E-state index contributed by atoms with van der Waals surface area (Å²) >= 11 is 0. The van der Waals surface area contributed by atoms with Crippen LogP contribution in [0.1, 0.15) is 19.8 Å². The number of piperidine rings is 1. The summed E-state index contributed by atoms with van der Waals surface area (Å²) in [6, 6.07) is 0.400. The quantitative estimate of drug-likeness (QED) is 0.654. The van der Waals surface area contributed by atoms with Crippen LogP contribution in [0.25, 0.3) is 0 Å². The molecule has 1 saturated heterocycles. The molecule has 4 heteroatoms. The van der Waals surface area contributed by atoms with E-state index in [1.807, 2.05) is 14.0 Å². The van der Waals surface area contributed by atoms with Crippen molar-refractivity contribution in [2.24, 2.45) is 0 Å². The summed E-state index contributed by atoms with van der Waals surface area (Å²) < 4.78 is 0. The summed E-state index contributed by atoms with van der Waals surface area (Å²) in [6.45, 7) is 4.64. The fourth-order valence-corrected chi connectivity index (χ4v) is 1.61. The fourth-order valence-electron chi connectivity index (χ4n) is 1.61. The number of rotatable bonds is 2. The fraction of sp³-hybridized carbons (Fsp3) is 0.889. The van der Waals surface area contributed by atoms with E-state index in [1.165, 1.54) is 0 Å². The van der Waals surface area contributed by atoms with Gasteiger partial charge in [0.2, 0.25) is 0 Å². The molecule has 0 saturated carbocycles. The van der Waals surface area contributed by atoms with Crippen molar-refractivity contribution in [1.29, 1.82) is 0 Å². The van der Waals surface area contributed by atoms with E-state index in [0.29, 0.717) is 12.6 Å². The van der Waals surface area contributed by atoms with Crippen molar-refractivity contribution in [2.45, 2.75) is 25.8 Å². The van der Waals surface area contributed by atoms with Crippen LogP contribution < -0.4 is 10.6 Å². The first-order chi connectivity index (χ1) is 6.25. The third-order valence-corrected chi connectivity index (χ3v) is 2.47. The van der Waals surface area contributed by atoms with Crippen LogP contribution in [0.3, 0.4) is 0 Å². The van der Waals surface area contributed by atoms with Crippen LogP contribution in [0, 0.1) is 0 Å². The highest BCUT2D eigenvalue weighted by atomic mass is 16.2. The maximum Gasteiger partial charge on any atom is 0.317 e. The van der Waals surface area contributed by atoms with Crippen LogP contribution in [0.2, 0.25) is 0 Å². The Hall–Kier alpha value is -0.770. The van der Waals surface area contributed by atoms with Gasteiger partial charge >= 0.3 is 6.03 Å². The van der Waals surface area contributed by atoms with E-state index in [2.05, 4.69) is 10.6 Å². The molecule has 0 aliphatic carbocycles. The van der Waals surface area contributed by atoms with Crippen molar-refractivity contribution in [1.82, 2.24) is 15.5 Å². The van der Waals surface area contributed by atoms with E-state index in [0.717, 1.165) is 25.9 Å². The number of urea groups is 1. The molecule has 0 radical (unpaired) electrons. The number of amides is 2. The van der Waals surface area contributed by atoms with Crippen molar-refractivity contribution < 1.29 is 4.79 Å². The Labute approximate surface area is 79.7 Å². The van der Waals surface area contributed by atoms with Gasteiger partial charge in [-0.05, 0) is 26.3 Å². The van der Waals surface area contributed by atoms with Crippen molar-refractivity contribution in [2.75, 3.05) is 26.7 Å². The third-order valence-electron chi connectivity index (χ3n) is 2.47. The molecular formula is C9H19N3O. The van der Waals surface area contributed by atoms with Gasteiger partial charge in [-0.3, -0.25) is 0 Å². The van der Waals surface area contributed by atoms with Crippen molar-refractivity contribution in [3.63, 3.8) is 0 Å².